The molecule has 2 aliphatic rings. The van der Waals surface area contributed by atoms with E-state index in [4.69, 9.17) is 5.73 Å². The van der Waals surface area contributed by atoms with Crippen LogP contribution in [0.3, 0.4) is 0 Å². The third-order valence-electron chi connectivity index (χ3n) is 5.51. The molecule has 2 heteroatoms. The molecule has 2 nitrogen and oxygen atoms in total. The van der Waals surface area contributed by atoms with Crippen LogP contribution < -0.4 is 5.73 Å². The van der Waals surface area contributed by atoms with Crippen molar-refractivity contribution in [3.8, 4) is 0 Å². The number of hydrogen-bond donors (Lipinski definition) is 1. The maximum absolute atomic E-state index is 6.03. The molecular formula is C16H32N2. The van der Waals surface area contributed by atoms with Crippen LogP contribution >= 0.6 is 0 Å². The van der Waals surface area contributed by atoms with E-state index in [0.29, 0.717) is 5.41 Å². The summed E-state index contributed by atoms with van der Waals surface area (Å²) in [5.74, 6) is 1.61. The van der Waals surface area contributed by atoms with E-state index in [-0.39, 0.29) is 0 Å². The summed E-state index contributed by atoms with van der Waals surface area (Å²) in [7, 11) is 0. The molecule has 1 aliphatic carbocycles. The number of likely N-dealkylation sites (tertiary alicyclic amines) is 1. The van der Waals surface area contributed by atoms with Gasteiger partial charge in [0.2, 0.25) is 0 Å². The molecule has 1 saturated heterocycles. The van der Waals surface area contributed by atoms with Crippen LogP contribution in [0, 0.1) is 17.3 Å². The van der Waals surface area contributed by atoms with Crippen LogP contribution in [-0.2, 0) is 0 Å². The Morgan fingerprint density at radius 2 is 1.89 bits per heavy atom. The van der Waals surface area contributed by atoms with Gasteiger partial charge >= 0.3 is 0 Å². The first-order chi connectivity index (χ1) is 8.43. The van der Waals surface area contributed by atoms with Gasteiger partial charge in [0.15, 0.2) is 0 Å². The standard InChI is InChI=1S/C16H32N2/c1-12-6-5-9-18(12)15-10-14(16(2,3)4)8-7-13(15)11-17/h12-15H,5-11,17H2,1-4H3. The maximum Gasteiger partial charge on any atom is 0.0141 e. The molecule has 2 N–H and O–H groups in total. The van der Waals surface area contributed by atoms with Crippen LogP contribution in [0.25, 0.3) is 0 Å². The zero-order valence-corrected chi connectivity index (χ0v) is 12.8. The molecule has 2 fully saturated rings. The summed E-state index contributed by atoms with van der Waals surface area (Å²) in [6.07, 6.45) is 6.86. The average Bonchev–Trinajstić information content (AvgIpc) is 2.73. The predicted molar refractivity (Wildman–Crippen MR) is 78.5 cm³/mol. The Labute approximate surface area is 113 Å². The molecule has 18 heavy (non-hydrogen) atoms. The molecular weight excluding hydrogens is 220 g/mol. The van der Waals surface area contributed by atoms with Gasteiger partial charge in [-0.1, -0.05) is 20.8 Å². The molecule has 0 aromatic rings. The van der Waals surface area contributed by atoms with Crippen molar-refractivity contribution in [1.29, 1.82) is 0 Å². The molecule has 0 spiro atoms. The first-order valence-electron chi connectivity index (χ1n) is 7.89. The van der Waals surface area contributed by atoms with Crippen molar-refractivity contribution in [2.75, 3.05) is 13.1 Å². The molecule has 0 aromatic carbocycles. The van der Waals surface area contributed by atoms with Crippen molar-refractivity contribution >= 4 is 0 Å². The highest BCUT2D eigenvalue weighted by Crippen LogP contribution is 2.42. The molecule has 1 aliphatic heterocycles. The van der Waals surface area contributed by atoms with Gasteiger partial charge in [0.1, 0.15) is 0 Å². The lowest BCUT2D eigenvalue weighted by molar-refractivity contribution is 0.0416. The fraction of sp³-hybridized carbons (Fsp3) is 1.00. The molecule has 4 unspecified atom stereocenters. The zero-order chi connectivity index (χ0) is 13.3. The lowest BCUT2D eigenvalue weighted by Gasteiger charge is -2.46. The van der Waals surface area contributed by atoms with E-state index in [2.05, 4.69) is 32.6 Å². The van der Waals surface area contributed by atoms with Crippen molar-refractivity contribution in [1.82, 2.24) is 4.90 Å². The van der Waals surface area contributed by atoms with Gasteiger partial charge in [-0.25, -0.2) is 0 Å². The first kappa shape index (κ1) is 14.3. The fourth-order valence-electron chi connectivity index (χ4n) is 4.13. The summed E-state index contributed by atoms with van der Waals surface area (Å²) in [6.45, 7) is 11.8. The van der Waals surface area contributed by atoms with Gasteiger partial charge in [-0.05, 0) is 69.4 Å². The van der Waals surface area contributed by atoms with Gasteiger partial charge in [0.05, 0.1) is 0 Å². The predicted octanol–water partition coefficient (Wildman–Crippen LogP) is 3.26. The Morgan fingerprint density at radius 1 is 1.17 bits per heavy atom. The summed E-state index contributed by atoms with van der Waals surface area (Å²) < 4.78 is 0. The highest BCUT2D eigenvalue weighted by molar-refractivity contribution is 4.94. The highest BCUT2D eigenvalue weighted by Gasteiger charge is 2.40. The Bertz CT molecular complexity index is 269. The van der Waals surface area contributed by atoms with Crippen LogP contribution in [0.15, 0.2) is 0 Å². The van der Waals surface area contributed by atoms with Gasteiger partial charge in [-0.3, -0.25) is 4.90 Å². The number of nitrogens with two attached hydrogens (primary N) is 1. The van der Waals surface area contributed by atoms with Crippen molar-refractivity contribution < 1.29 is 0 Å². The Hall–Kier alpha value is -0.0800. The molecule has 2 rings (SSSR count). The first-order valence-corrected chi connectivity index (χ1v) is 7.89. The van der Waals surface area contributed by atoms with Crippen LogP contribution in [0.4, 0.5) is 0 Å². The molecule has 4 atom stereocenters. The molecule has 0 amide bonds. The van der Waals surface area contributed by atoms with E-state index in [1.54, 1.807) is 0 Å². The summed E-state index contributed by atoms with van der Waals surface area (Å²) in [4.78, 5) is 2.77. The Morgan fingerprint density at radius 3 is 2.39 bits per heavy atom. The van der Waals surface area contributed by atoms with Crippen molar-refractivity contribution in [2.45, 2.75) is 71.9 Å². The Balaban J connectivity index is 2.08. The molecule has 106 valence electrons. The SMILES string of the molecule is CC1CCCN1C1CC(C(C)(C)C)CCC1CN. The molecule has 0 aromatic heterocycles. The second kappa shape index (κ2) is 5.50. The average molecular weight is 252 g/mol. The monoisotopic (exact) mass is 252 g/mol. The smallest absolute Gasteiger partial charge is 0.0141 e. The van der Waals surface area contributed by atoms with Gasteiger partial charge in [0.25, 0.3) is 0 Å². The third-order valence-corrected chi connectivity index (χ3v) is 5.51. The molecule has 0 bridgehead atoms. The number of rotatable bonds is 2. The molecule has 1 heterocycles. The van der Waals surface area contributed by atoms with Gasteiger partial charge in [0, 0.05) is 12.1 Å². The minimum Gasteiger partial charge on any atom is -0.330 e. The summed E-state index contributed by atoms with van der Waals surface area (Å²) in [5.41, 5.74) is 6.49. The van der Waals surface area contributed by atoms with E-state index >= 15 is 0 Å². The number of nitrogens with zero attached hydrogens (tertiary/aromatic N) is 1. The summed E-state index contributed by atoms with van der Waals surface area (Å²) in [6, 6.07) is 1.54. The highest BCUT2D eigenvalue weighted by atomic mass is 15.2. The van der Waals surface area contributed by atoms with Crippen LogP contribution in [0.5, 0.6) is 0 Å². The van der Waals surface area contributed by atoms with Crippen molar-refractivity contribution in [2.24, 2.45) is 23.0 Å². The van der Waals surface area contributed by atoms with E-state index in [0.717, 1.165) is 30.5 Å². The van der Waals surface area contributed by atoms with Crippen LogP contribution in [0.2, 0.25) is 0 Å². The third kappa shape index (κ3) is 2.91. The molecule has 1 saturated carbocycles. The zero-order valence-electron chi connectivity index (χ0n) is 12.8. The van der Waals surface area contributed by atoms with Crippen molar-refractivity contribution in [3.63, 3.8) is 0 Å². The molecule has 0 radical (unpaired) electrons. The van der Waals surface area contributed by atoms with Gasteiger partial charge in [-0.2, -0.15) is 0 Å². The van der Waals surface area contributed by atoms with E-state index in [9.17, 15) is 0 Å². The summed E-state index contributed by atoms with van der Waals surface area (Å²) in [5, 5.41) is 0. The second-order valence-electron chi connectivity index (χ2n) is 7.67. The topological polar surface area (TPSA) is 29.3 Å². The minimum atomic E-state index is 0.459. The Kier molecular flexibility index (Phi) is 4.38. The largest absolute Gasteiger partial charge is 0.330 e. The lowest BCUT2D eigenvalue weighted by Crippen LogP contribution is -2.49. The lowest BCUT2D eigenvalue weighted by atomic mass is 9.67. The maximum atomic E-state index is 6.03. The van der Waals surface area contributed by atoms with E-state index in [1.807, 2.05) is 0 Å². The van der Waals surface area contributed by atoms with E-state index < -0.39 is 0 Å². The van der Waals surface area contributed by atoms with Crippen LogP contribution in [0.1, 0.15) is 59.8 Å². The fourth-order valence-corrected chi connectivity index (χ4v) is 4.13. The normalized spacial score (nSPS) is 39.2. The quantitative estimate of drug-likeness (QED) is 0.817. The number of hydrogen-bond acceptors (Lipinski definition) is 2. The van der Waals surface area contributed by atoms with Gasteiger partial charge < -0.3 is 5.73 Å². The minimum absolute atomic E-state index is 0.459. The van der Waals surface area contributed by atoms with E-state index in [1.165, 1.54) is 38.6 Å². The van der Waals surface area contributed by atoms with Crippen molar-refractivity contribution in [3.05, 3.63) is 0 Å². The second-order valence-corrected chi connectivity index (χ2v) is 7.67. The van der Waals surface area contributed by atoms with Crippen LogP contribution in [-0.4, -0.2) is 30.1 Å². The summed E-state index contributed by atoms with van der Waals surface area (Å²) >= 11 is 0. The van der Waals surface area contributed by atoms with Gasteiger partial charge in [-0.15, -0.1) is 0 Å².